The van der Waals surface area contributed by atoms with Crippen molar-refractivity contribution in [1.29, 1.82) is 0 Å². The number of anilines is 1. The van der Waals surface area contributed by atoms with Crippen molar-refractivity contribution in [2.24, 2.45) is 5.10 Å². The molecular formula is C21H20N2O2. The molecule has 0 amide bonds. The molecule has 0 bridgehead atoms. The van der Waals surface area contributed by atoms with E-state index < -0.39 is 5.54 Å². The molecule has 4 nitrogen and oxygen atoms in total. The van der Waals surface area contributed by atoms with Crippen LogP contribution in [0.5, 0.6) is 0 Å². The minimum absolute atomic E-state index is 0.0640. The molecule has 0 fully saturated rings. The Labute approximate surface area is 147 Å². The largest absolute Gasteiger partial charge is 0.501 e. The highest BCUT2D eigenvalue weighted by molar-refractivity contribution is 6.12. The van der Waals surface area contributed by atoms with E-state index >= 15 is 0 Å². The first kappa shape index (κ1) is 15.6. The Balaban J connectivity index is 1.79. The van der Waals surface area contributed by atoms with Crippen LogP contribution in [0.15, 0.2) is 77.6 Å². The molecule has 1 aliphatic carbocycles. The first-order valence-corrected chi connectivity index (χ1v) is 8.50. The summed E-state index contributed by atoms with van der Waals surface area (Å²) in [7, 11) is 1.62. The maximum absolute atomic E-state index is 13.1. The summed E-state index contributed by atoms with van der Waals surface area (Å²) in [6, 6.07) is 20.0. The van der Waals surface area contributed by atoms with E-state index in [9.17, 15) is 4.79 Å². The fourth-order valence-corrected chi connectivity index (χ4v) is 3.62. The summed E-state index contributed by atoms with van der Waals surface area (Å²) in [6.07, 6.45) is 3.69. The maximum Gasteiger partial charge on any atom is 0.187 e. The van der Waals surface area contributed by atoms with E-state index in [1.54, 1.807) is 13.2 Å². The molecule has 0 radical (unpaired) electrons. The molecule has 2 aromatic rings. The van der Waals surface area contributed by atoms with Gasteiger partial charge < -0.3 is 4.74 Å². The number of benzene rings is 2. The lowest BCUT2D eigenvalue weighted by Gasteiger charge is -2.38. The molecule has 4 rings (SSSR count). The van der Waals surface area contributed by atoms with Crippen molar-refractivity contribution in [2.45, 2.75) is 24.8 Å². The minimum atomic E-state index is -0.658. The van der Waals surface area contributed by atoms with Gasteiger partial charge in [0.2, 0.25) is 0 Å². The Bertz CT molecular complexity index is 843. The first-order chi connectivity index (χ1) is 12.2. The Morgan fingerprint density at radius 3 is 2.36 bits per heavy atom. The Kier molecular flexibility index (Phi) is 3.88. The number of nitrogens with zero attached hydrogens (tertiary/aromatic N) is 2. The number of carbonyl (C=O) groups excluding carboxylic acids is 1. The third kappa shape index (κ3) is 2.64. The van der Waals surface area contributed by atoms with Gasteiger partial charge in [-0.2, -0.15) is 5.10 Å². The Morgan fingerprint density at radius 1 is 1.04 bits per heavy atom. The molecule has 1 atom stereocenters. The van der Waals surface area contributed by atoms with Crippen LogP contribution >= 0.6 is 0 Å². The number of hydrazone groups is 1. The van der Waals surface area contributed by atoms with Gasteiger partial charge in [0, 0.05) is 18.9 Å². The van der Waals surface area contributed by atoms with Crippen molar-refractivity contribution in [3.05, 3.63) is 78.1 Å². The number of carbonyl (C=O) groups is 1. The zero-order chi connectivity index (χ0) is 17.3. The van der Waals surface area contributed by atoms with Gasteiger partial charge in [-0.05, 0) is 24.1 Å². The second kappa shape index (κ2) is 6.20. The number of ketones is 1. The predicted molar refractivity (Wildman–Crippen MR) is 98.6 cm³/mol. The zero-order valence-corrected chi connectivity index (χ0v) is 14.2. The van der Waals surface area contributed by atoms with Gasteiger partial charge >= 0.3 is 0 Å². The summed E-state index contributed by atoms with van der Waals surface area (Å²) in [6.45, 7) is 0. The Hall–Kier alpha value is -2.88. The van der Waals surface area contributed by atoms with Gasteiger partial charge in [-0.3, -0.25) is 9.80 Å². The molecule has 2 aliphatic rings. The van der Waals surface area contributed by atoms with Crippen molar-refractivity contribution < 1.29 is 9.53 Å². The second-order valence-electron chi connectivity index (χ2n) is 6.45. The fourth-order valence-electron chi connectivity index (χ4n) is 3.62. The molecule has 1 spiro atoms. The molecule has 0 aromatic heterocycles. The standard InChI is InChI=1S/C21H20N2O2/c1-25-18-12-13-21(20(24)14-18)15-19(16-8-4-2-5-9-16)22-23(21)17-10-6-3-7-11-17/h2-11,14H,12-13,15H2,1H3. The molecule has 0 saturated heterocycles. The number of para-hydroxylation sites is 1. The molecular weight excluding hydrogens is 312 g/mol. The van der Waals surface area contributed by atoms with Crippen molar-refractivity contribution >= 4 is 17.2 Å². The van der Waals surface area contributed by atoms with Crippen LogP contribution in [0.4, 0.5) is 5.69 Å². The number of methoxy groups -OCH3 is 1. The molecule has 1 unspecified atom stereocenters. The van der Waals surface area contributed by atoms with E-state index in [0.29, 0.717) is 12.8 Å². The van der Waals surface area contributed by atoms with Crippen LogP contribution in [0.2, 0.25) is 0 Å². The lowest BCUT2D eigenvalue weighted by Crippen LogP contribution is -2.51. The van der Waals surface area contributed by atoms with Crippen LogP contribution in [0.1, 0.15) is 24.8 Å². The topological polar surface area (TPSA) is 41.9 Å². The average molecular weight is 332 g/mol. The van der Waals surface area contributed by atoms with E-state index in [2.05, 4.69) is 0 Å². The smallest absolute Gasteiger partial charge is 0.187 e. The van der Waals surface area contributed by atoms with Crippen LogP contribution in [0, 0.1) is 0 Å². The van der Waals surface area contributed by atoms with Gasteiger partial charge in [-0.15, -0.1) is 0 Å². The summed E-state index contributed by atoms with van der Waals surface area (Å²) in [5.41, 5.74) is 2.30. The molecule has 0 N–H and O–H groups in total. The average Bonchev–Trinajstić information content (AvgIpc) is 3.06. The number of rotatable bonds is 3. The van der Waals surface area contributed by atoms with Crippen molar-refractivity contribution in [1.82, 2.24) is 0 Å². The molecule has 2 aromatic carbocycles. The molecule has 0 saturated carbocycles. The van der Waals surface area contributed by atoms with Gasteiger partial charge in [-0.1, -0.05) is 48.5 Å². The second-order valence-corrected chi connectivity index (χ2v) is 6.45. The quantitative estimate of drug-likeness (QED) is 0.855. The normalized spacial score (nSPS) is 22.8. The van der Waals surface area contributed by atoms with Gasteiger partial charge in [-0.25, -0.2) is 0 Å². The third-order valence-electron chi connectivity index (χ3n) is 4.99. The fraction of sp³-hybridized carbons (Fsp3) is 0.238. The highest BCUT2D eigenvalue weighted by Crippen LogP contribution is 2.42. The molecule has 4 heteroatoms. The van der Waals surface area contributed by atoms with Gasteiger partial charge in [0.25, 0.3) is 0 Å². The van der Waals surface area contributed by atoms with E-state index in [0.717, 1.165) is 29.1 Å². The molecule has 1 aliphatic heterocycles. The lowest BCUT2D eigenvalue weighted by atomic mass is 9.79. The number of allylic oxidation sites excluding steroid dienone is 1. The first-order valence-electron chi connectivity index (χ1n) is 8.50. The van der Waals surface area contributed by atoms with Crippen LogP contribution < -0.4 is 5.01 Å². The summed E-state index contributed by atoms with van der Waals surface area (Å²) in [5, 5.41) is 6.78. The van der Waals surface area contributed by atoms with Gasteiger partial charge in [0.1, 0.15) is 5.54 Å². The lowest BCUT2D eigenvalue weighted by molar-refractivity contribution is -0.120. The maximum atomic E-state index is 13.1. The third-order valence-corrected chi connectivity index (χ3v) is 4.99. The summed E-state index contributed by atoms with van der Waals surface area (Å²) in [4.78, 5) is 13.1. The predicted octanol–water partition coefficient (Wildman–Crippen LogP) is 3.93. The van der Waals surface area contributed by atoms with Crippen LogP contribution in [0.3, 0.4) is 0 Å². The summed E-state index contributed by atoms with van der Waals surface area (Å²) < 4.78 is 5.30. The van der Waals surface area contributed by atoms with Crippen molar-refractivity contribution in [3.8, 4) is 0 Å². The number of ether oxygens (including phenoxy) is 1. The summed E-state index contributed by atoms with van der Waals surface area (Å²) in [5.74, 6) is 0.811. The van der Waals surface area contributed by atoms with Crippen LogP contribution in [0.25, 0.3) is 0 Å². The zero-order valence-electron chi connectivity index (χ0n) is 14.2. The number of hydrogen-bond acceptors (Lipinski definition) is 4. The highest BCUT2D eigenvalue weighted by Gasteiger charge is 2.50. The van der Waals surface area contributed by atoms with E-state index in [-0.39, 0.29) is 5.78 Å². The summed E-state index contributed by atoms with van der Waals surface area (Å²) >= 11 is 0. The Morgan fingerprint density at radius 2 is 1.72 bits per heavy atom. The van der Waals surface area contributed by atoms with Crippen molar-refractivity contribution in [3.63, 3.8) is 0 Å². The SMILES string of the molecule is COC1=CC(=O)C2(CC1)CC(c1ccccc1)=NN2c1ccccc1. The van der Waals surface area contributed by atoms with E-state index in [1.165, 1.54) is 0 Å². The van der Waals surface area contributed by atoms with Crippen molar-refractivity contribution in [2.75, 3.05) is 12.1 Å². The molecule has 126 valence electrons. The van der Waals surface area contributed by atoms with Crippen LogP contribution in [-0.4, -0.2) is 24.1 Å². The minimum Gasteiger partial charge on any atom is -0.501 e. The number of hydrogen-bond donors (Lipinski definition) is 0. The molecule has 25 heavy (non-hydrogen) atoms. The van der Waals surface area contributed by atoms with Crippen LogP contribution in [-0.2, 0) is 9.53 Å². The highest BCUT2D eigenvalue weighted by atomic mass is 16.5. The van der Waals surface area contributed by atoms with Gasteiger partial charge in [0.05, 0.1) is 24.3 Å². The van der Waals surface area contributed by atoms with E-state index in [4.69, 9.17) is 9.84 Å². The molecule has 1 heterocycles. The monoisotopic (exact) mass is 332 g/mol. The van der Waals surface area contributed by atoms with E-state index in [1.807, 2.05) is 65.7 Å². The van der Waals surface area contributed by atoms with Gasteiger partial charge in [0.15, 0.2) is 5.78 Å².